The number of primary amides is 2. The first-order valence-corrected chi connectivity index (χ1v) is 38.9. The molecule has 0 radical (unpaired) electrons. The van der Waals surface area contributed by atoms with Crippen molar-refractivity contribution in [2.45, 2.75) is 275 Å². The predicted octanol–water partition coefficient (Wildman–Crippen LogP) is 0.679. The molecule has 34 nitrogen and oxygen atoms in total. The van der Waals surface area contributed by atoms with E-state index < -0.39 is 180 Å². The van der Waals surface area contributed by atoms with Crippen LogP contribution in [0.25, 0.3) is 10.9 Å². The van der Waals surface area contributed by atoms with E-state index in [2.05, 4.69) is 70.0 Å². The van der Waals surface area contributed by atoms with E-state index in [9.17, 15) is 97.5 Å². The van der Waals surface area contributed by atoms with Gasteiger partial charge in [0.1, 0.15) is 66.5 Å². The molecular formula is C79H118N14O20. The maximum absolute atomic E-state index is 14.2. The highest BCUT2D eigenvalue weighted by atomic mass is 16.4. The number of carboxylic acid groups (broad SMARTS) is 2. The van der Waals surface area contributed by atoms with E-state index in [1.54, 1.807) is 84.1 Å². The Bertz CT molecular complexity index is 3760. The van der Waals surface area contributed by atoms with E-state index >= 15 is 0 Å². The SMILES string of the molecule is CC[C@H](C)[C@H](NC(=O)[C@H](CCC(N)=O)NC(=O)[C@@H]1CCCN1C(=O)CCCCCCC#CCCCCCCC(=O)N[C@@H](CO)C(=O)N[C@H](C(=O)N[C@@H](CC(C)C)C(=O)N[C@@H](CC(N)=O)C(=O)N[C@@H](Cc1ccccc1)C(=O)O)[C@@H](C)O)C(=O)N[C@H](C(=O)N[C@@H](CC(C)C)C(=O)N[C@@H](Cc1c[nH]c2ccccc12)C(=O)O)[C@@H](C)O. The molecule has 113 heavy (non-hydrogen) atoms. The number of carboxylic acids is 2. The second-order valence-electron chi connectivity index (χ2n) is 29.8. The van der Waals surface area contributed by atoms with Crippen molar-refractivity contribution >= 4 is 99.6 Å². The lowest BCUT2D eigenvalue weighted by Gasteiger charge is -2.30. The van der Waals surface area contributed by atoms with E-state index in [0.717, 1.165) is 36.6 Å². The molecule has 1 aliphatic rings. The van der Waals surface area contributed by atoms with Gasteiger partial charge in [0.15, 0.2) is 0 Å². The van der Waals surface area contributed by atoms with E-state index in [1.807, 2.05) is 18.2 Å². The number of nitrogens with two attached hydrogens (primary N) is 2. The lowest BCUT2D eigenvalue weighted by molar-refractivity contribution is -0.143. The van der Waals surface area contributed by atoms with Crippen molar-refractivity contribution in [2.75, 3.05) is 13.2 Å². The van der Waals surface area contributed by atoms with Crippen LogP contribution in [0.5, 0.6) is 0 Å². The molecule has 0 bridgehead atoms. The van der Waals surface area contributed by atoms with Gasteiger partial charge in [0.2, 0.25) is 76.8 Å². The largest absolute Gasteiger partial charge is 0.480 e. The molecule has 20 N–H and O–H groups in total. The molecule has 0 unspecified atom stereocenters. The number of hydrogen-bond donors (Lipinski definition) is 18. The minimum Gasteiger partial charge on any atom is -0.480 e. The lowest BCUT2D eigenvalue weighted by Crippen LogP contribution is -2.62. The van der Waals surface area contributed by atoms with Crippen molar-refractivity contribution in [3.8, 4) is 11.8 Å². The number of aliphatic carboxylic acids is 2. The minimum atomic E-state index is -1.72. The van der Waals surface area contributed by atoms with Crippen molar-refractivity contribution in [3.63, 3.8) is 0 Å². The van der Waals surface area contributed by atoms with Gasteiger partial charge in [0.05, 0.1) is 25.2 Å². The van der Waals surface area contributed by atoms with Gasteiger partial charge in [-0.25, -0.2) is 9.59 Å². The third-order valence-electron chi connectivity index (χ3n) is 19.3. The van der Waals surface area contributed by atoms with Crippen molar-refractivity contribution < 1.29 is 97.5 Å². The Hall–Kier alpha value is -10.5. The van der Waals surface area contributed by atoms with Gasteiger partial charge in [-0.15, -0.1) is 11.8 Å². The van der Waals surface area contributed by atoms with Crippen molar-refractivity contribution in [1.29, 1.82) is 0 Å². The molecule has 0 spiro atoms. The van der Waals surface area contributed by atoms with E-state index in [1.165, 1.54) is 18.7 Å². The molecule has 1 aliphatic heterocycles. The summed E-state index contributed by atoms with van der Waals surface area (Å²) < 4.78 is 0. The lowest BCUT2D eigenvalue weighted by atomic mass is 9.96. The van der Waals surface area contributed by atoms with E-state index in [4.69, 9.17) is 11.5 Å². The Morgan fingerprint density at radius 1 is 0.504 bits per heavy atom. The van der Waals surface area contributed by atoms with Crippen molar-refractivity contribution in [2.24, 2.45) is 29.2 Å². The summed E-state index contributed by atoms with van der Waals surface area (Å²) in [4.78, 5) is 204. The summed E-state index contributed by atoms with van der Waals surface area (Å²) in [6.07, 6.45) is 4.86. The molecule has 0 aliphatic carbocycles. The first-order chi connectivity index (χ1) is 53.5. The number of aromatic nitrogens is 1. The number of hydrogen-bond acceptors (Lipinski definition) is 18. The quantitative estimate of drug-likeness (QED) is 0.0273. The molecule has 1 saturated heterocycles. The number of fused-ring (bicyclic) bond motifs is 1. The Morgan fingerprint density at radius 3 is 1.50 bits per heavy atom. The van der Waals surface area contributed by atoms with Crippen molar-refractivity contribution in [1.82, 2.24) is 63.1 Å². The summed E-state index contributed by atoms with van der Waals surface area (Å²) in [7, 11) is 0. The molecule has 3 aromatic rings. The van der Waals surface area contributed by atoms with Gasteiger partial charge in [-0.2, -0.15) is 0 Å². The van der Waals surface area contributed by atoms with Gasteiger partial charge >= 0.3 is 11.9 Å². The summed E-state index contributed by atoms with van der Waals surface area (Å²) in [5.74, 6) is -8.36. The molecule has 0 saturated carbocycles. The fourth-order valence-corrected chi connectivity index (χ4v) is 12.8. The van der Waals surface area contributed by atoms with Crippen LogP contribution in [-0.2, 0) is 84.8 Å². The molecule has 624 valence electrons. The summed E-state index contributed by atoms with van der Waals surface area (Å²) in [5, 5.41) is 77.2. The maximum atomic E-state index is 14.2. The molecule has 2 heterocycles. The summed E-state index contributed by atoms with van der Waals surface area (Å²) in [6.45, 7) is 12.2. The van der Waals surface area contributed by atoms with Crippen LogP contribution in [0.2, 0.25) is 0 Å². The number of nitrogens with one attached hydrogen (secondary N) is 11. The normalized spacial score (nSPS) is 16.0. The molecule has 4 rings (SSSR count). The zero-order chi connectivity index (χ0) is 84.0. The molecule has 1 aromatic heterocycles. The monoisotopic (exact) mass is 1580 g/mol. The average Bonchev–Trinajstić information content (AvgIpc) is 1.78. The third-order valence-corrected chi connectivity index (χ3v) is 19.3. The highest BCUT2D eigenvalue weighted by Crippen LogP contribution is 2.23. The van der Waals surface area contributed by atoms with Crippen LogP contribution in [0, 0.1) is 29.6 Å². The highest BCUT2D eigenvalue weighted by molar-refractivity contribution is 6.00. The standard InChI is InChI=1S/C79H118N14O20/c1-9-47(6)66(75(107)92-68(49(8)96)77(109)87-56(39-46(4)5)71(103)89-59(79(112)113)41-51-43-82-53-31-26-25-30-52(51)53)90-69(101)54(35-36-62(80)97)84-74(106)61-32-27-37-93(61)65(100)34-24-19-17-15-13-11-10-12-14-16-18-23-33-64(99)83-60(44-94)73(105)91-67(48(7)95)76(108)86-55(38-45(2)3)70(102)85-57(42-63(81)98)72(104)88-58(78(110)111)40-50-28-21-20-22-29-50/h20-22,25-26,28-31,43,45-49,54-61,66-68,82,94-96H,9,12-19,23-24,27,32-42,44H2,1-8H3,(H2,80,97)(H2,81,98)(H,83,99)(H,84,106)(H,85,102)(H,86,108)(H,87,109)(H,88,104)(H,89,103)(H,90,101)(H,91,105)(H,92,107)(H,110,111)(H,112,113)/t47-,48+,49+,54-,55-,56-,57-,58-,59-,60-,61-,66-,67-,68-/m0/s1. The number of rotatable bonds is 51. The smallest absolute Gasteiger partial charge is 0.326 e. The molecule has 13 amide bonds. The zero-order valence-electron chi connectivity index (χ0n) is 65.9. The Kier molecular flexibility index (Phi) is 41.2. The van der Waals surface area contributed by atoms with Gasteiger partial charge in [0.25, 0.3) is 0 Å². The highest BCUT2D eigenvalue weighted by Gasteiger charge is 2.40. The number of aliphatic hydroxyl groups excluding tert-OH is 3. The van der Waals surface area contributed by atoms with Crippen LogP contribution in [0.15, 0.2) is 60.8 Å². The molecule has 2 aromatic carbocycles. The van der Waals surface area contributed by atoms with Gasteiger partial charge in [0, 0.05) is 68.6 Å². The van der Waals surface area contributed by atoms with Crippen LogP contribution >= 0.6 is 0 Å². The first kappa shape index (κ1) is 94.8. The fraction of sp³-hybridized carbons (Fsp3) is 0.608. The summed E-state index contributed by atoms with van der Waals surface area (Å²) in [6, 6.07) is -0.251. The van der Waals surface area contributed by atoms with Crippen LogP contribution < -0.4 is 64.6 Å². The number of likely N-dealkylation sites (tertiary alicyclic amines) is 1. The number of aliphatic hydroxyl groups is 3. The summed E-state index contributed by atoms with van der Waals surface area (Å²) in [5.41, 5.74) is 12.9. The number of nitrogens with zero attached hydrogens (tertiary/aromatic N) is 1. The molecule has 34 heteroatoms. The second kappa shape index (κ2) is 49.1. The van der Waals surface area contributed by atoms with Gasteiger partial charge in [-0.1, -0.05) is 122 Å². The topological polar surface area (TPSA) is 549 Å². The van der Waals surface area contributed by atoms with Gasteiger partial charge in [-0.05, 0) is 107 Å². The number of aromatic amines is 1. The molecule has 14 atom stereocenters. The zero-order valence-corrected chi connectivity index (χ0v) is 65.9. The number of amides is 13. The Morgan fingerprint density at radius 2 is 0.973 bits per heavy atom. The number of para-hydroxylation sites is 1. The van der Waals surface area contributed by atoms with Gasteiger partial charge in [-0.3, -0.25) is 62.3 Å². The van der Waals surface area contributed by atoms with E-state index in [-0.39, 0.29) is 69.1 Å². The Labute approximate surface area is 658 Å². The minimum absolute atomic E-state index is 0.00337. The maximum Gasteiger partial charge on any atom is 0.326 e. The first-order valence-electron chi connectivity index (χ1n) is 38.9. The average molecular weight is 1580 g/mol. The van der Waals surface area contributed by atoms with Gasteiger partial charge < -0.3 is 100 Å². The number of H-pyrrole nitrogens is 1. The van der Waals surface area contributed by atoms with Crippen molar-refractivity contribution in [3.05, 3.63) is 71.9 Å². The van der Waals surface area contributed by atoms with E-state index in [0.29, 0.717) is 75.5 Å². The predicted molar refractivity (Wildman–Crippen MR) is 416 cm³/mol. The fourth-order valence-electron chi connectivity index (χ4n) is 12.8. The third kappa shape index (κ3) is 33.4. The number of carbonyl (C=O) groups is 15. The van der Waals surface area contributed by atoms with Crippen LogP contribution in [0.4, 0.5) is 0 Å². The number of unbranched alkanes of at least 4 members (excludes halogenated alkanes) is 8. The van der Waals surface area contributed by atoms with Crippen LogP contribution in [-0.4, -0.2) is 216 Å². The molecule has 1 fully saturated rings. The summed E-state index contributed by atoms with van der Waals surface area (Å²) >= 11 is 0. The second-order valence-corrected chi connectivity index (χ2v) is 29.8. The van der Waals surface area contributed by atoms with Crippen LogP contribution in [0.3, 0.4) is 0 Å². The molecular weight excluding hydrogens is 1460 g/mol. The Balaban J connectivity index is 1.19. The number of benzene rings is 2. The van der Waals surface area contributed by atoms with Crippen LogP contribution in [0.1, 0.15) is 195 Å². The number of carbonyl (C=O) groups excluding carboxylic acids is 13.